The Kier molecular flexibility index (Phi) is 5.89. The van der Waals surface area contributed by atoms with Crippen LogP contribution < -0.4 is 5.32 Å². The average molecular weight is 337 g/mol. The van der Waals surface area contributed by atoms with Crippen LogP contribution in [0, 0.1) is 5.92 Å². The van der Waals surface area contributed by atoms with Crippen LogP contribution in [-0.4, -0.2) is 48.3 Å². The summed E-state index contributed by atoms with van der Waals surface area (Å²) < 4.78 is 5.79. The number of hydrogen-bond donors (Lipinski definition) is 1. The Morgan fingerprint density at radius 2 is 2.26 bits per heavy atom. The monoisotopic (exact) mass is 337 g/mol. The van der Waals surface area contributed by atoms with Gasteiger partial charge in [-0.05, 0) is 38.0 Å². The first-order valence-electron chi connectivity index (χ1n) is 8.84. The van der Waals surface area contributed by atoms with Gasteiger partial charge in [-0.2, -0.15) is 0 Å². The number of thiazole rings is 1. The van der Waals surface area contributed by atoms with Crippen LogP contribution in [0.1, 0.15) is 42.5 Å². The van der Waals surface area contributed by atoms with E-state index in [4.69, 9.17) is 4.74 Å². The number of ether oxygens (including phenoxy) is 1. The number of aromatic nitrogens is 1. The highest BCUT2D eigenvalue weighted by atomic mass is 32.1. The average Bonchev–Trinajstić information content (AvgIpc) is 3.26. The molecule has 1 aromatic rings. The number of likely N-dealkylation sites (tertiary alicyclic amines) is 1. The third-order valence-electron chi connectivity index (χ3n) is 4.88. The molecule has 2 amide bonds. The first-order chi connectivity index (χ1) is 11.3. The second-order valence-corrected chi connectivity index (χ2v) is 7.63. The van der Waals surface area contributed by atoms with Gasteiger partial charge < -0.3 is 15.0 Å². The molecule has 2 aliphatic heterocycles. The molecule has 0 unspecified atom stereocenters. The van der Waals surface area contributed by atoms with Crippen molar-refractivity contribution in [1.29, 1.82) is 0 Å². The van der Waals surface area contributed by atoms with E-state index in [9.17, 15) is 4.79 Å². The molecule has 2 saturated heterocycles. The van der Waals surface area contributed by atoms with E-state index in [0.29, 0.717) is 18.6 Å². The number of piperidine rings is 1. The van der Waals surface area contributed by atoms with Crippen molar-refractivity contribution >= 4 is 17.4 Å². The second kappa shape index (κ2) is 8.11. The fourth-order valence-electron chi connectivity index (χ4n) is 3.46. The zero-order valence-corrected chi connectivity index (χ0v) is 14.7. The van der Waals surface area contributed by atoms with Crippen molar-refractivity contribution in [2.45, 2.75) is 51.6 Å². The highest BCUT2D eigenvalue weighted by Gasteiger charge is 2.30. The molecule has 3 heterocycles. The number of hydrogen-bond acceptors (Lipinski definition) is 4. The predicted octanol–water partition coefficient (Wildman–Crippen LogP) is 2.85. The zero-order valence-electron chi connectivity index (χ0n) is 13.9. The number of nitrogens with one attached hydrogen (secondary N) is 1. The molecule has 0 aliphatic carbocycles. The van der Waals surface area contributed by atoms with Crippen LogP contribution in [0.3, 0.4) is 0 Å². The minimum absolute atomic E-state index is 0.0723. The molecule has 23 heavy (non-hydrogen) atoms. The summed E-state index contributed by atoms with van der Waals surface area (Å²) in [5.74, 6) is 0.643. The van der Waals surface area contributed by atoms with Crippen LogP contribution in [0.5, 0.6) is 0 Å². The van der Waals surface area contributed by atoms with E-state index >= 15 is 0 Å². The smallest absolute Gasteiger partial charge is 0.317 e. The Morgan fingerprint density at radius 1 is 1.43 bits per heavy atom. The van der Waals surface area contributed by atoms with Gasteiger partial charge in [0.1, 0.15) is 0 Å². The summed E-state index contributed by atoms with van der Waals surface area (Å²) in [5.41, 5.74) is 0. The zero-order chi connectivity index (χ0) is 16.1. The molecule has 6 heteroatoms. The number of carbonyl (C=O) groups excluding carboxylic acids is 1. The Morgan fingerprint density at radius 3 is 2.91 bits per heavy atom. The summed E-state index contributed by atoms with van der Waals surface area (Å²) in [7, 11) is 0. The van der Waals surface area contributed by atoms with Crippen LogP contribution in [0.25, 0.3) is 0 Å². The topological polar surface area (TPSA) is 54.5 Å². The van der Waals surface area contributed by atoms with E-state index in [-0.39, 0.29) is 6.03 Å². The Hall–Kier alpha value is -1.14. The number of carbonyl (C=O) groups is 1. The van der Waals surface area contributed by atoms with Gasteiger partial charge in [0.15, 0.2) is 0 Å². The van der Waals surface area contributed by atoms with E-state index in [1.807, 2.05) is 11.1 Å². The molecular weight excluding hydrogens is 310 g/mol. The number of aryl methyl sites for hydroxylation is 1. The van der Waals surface area contributed by atoms with Crippen molar-refractivity contribution in [3.63, 3.8) is 0 Å². The molecule has 3 rings (SSSR count). The highest BCUT2D eigenvalue weighted by Crippen LogP contribution is 2.28. The first kappa shape index (κ1) is 16.7. The molecule has 0 aromatic carbocycles. The van der Waals surface area contributed by atoms with E-state index < -0.39 is 0 Å². The lowest BCUT2D eigenvalue weighted by molar-refractivity contribution is 0.0373. The van der Waals surface area contributed by atoms with Crippen molar-refractivity contribution in [2.24, 2.45) is 5.92 Å². The van der Waals surface area contributed by atoms with E-state index in [2.05, 4.69) is 17.2 Å². The standard InChI is InChI=1S/C17H27N3O2S/c1-2-14-12-19-16(23-14)5-8-18-17(21)20-9-6-13(7-10-20)15-4-3-11-22-15/h12-13,15H,2-11H2,1H3,(H,18,21)/t15-/m1/s1. The van der Waals surface area contributed by atoms with Crippen LogP contribution in [0.2, 0.25) is 0 Å². The summed E-state index contributed by atoms with van der Waals surface area (Å²) in [6, 6.07) is 0.0723. The van der Waals surface area contributed by atoms with Gasteiger partial charge in [0.2, 0.25) is 0 Å². The van der Waals surface area contributed by atoms with Crippen LogP contribution >= 0.6 is 11.3 Å². The number of urea groups is 1. The molecule has 2 aliphatic rings. The molecule has 1 N–H and O–H groups in total. The Bertz CT molecular complexity index is 506. The Balaban J connectivity index is 1.36. The number of amides is 2. The van der Waals surface area contributed by atoms with Gasteiger partial charge in [0, 0.05) is 43.7 Å². The fourth-order valence-corrected chi connectivity index (χ4v) is 4.33. The quantitative estimate of drug-likeness (QED) is 0.899. The van der Waals surface area contributed by atoms with Gasteiger partial charge in [-0.15, -0.1) is 11.3 Å². The third kappa shape index (κ3) is 4.44. The van der Waals surface area contributed by atoms with Gasteiger partial charge >= 0.3 is 6.03 Å². The second-order valence-electron chi connectivity index (χ2n) is 6.43. The van der Waals surface area contributed by atoms with Crippen molar-refractivity contribution < 1.29 is 9.53 Å². The lowest BCUT2D eigenvalue weighted by Crippen LogP contribution is -2.46. The fraction of sp³-hybridized carbons (Fsp3) is 0.765. The number of rotatable bonds is 5. The van der Waals surface area contributed by atoms with Gasteiger partial charge in [-0.3, -0.25) is 0 Å². The maximum atomic E-state index is 12.2. The minimum Gasteiger partial charge on any atom is -0.378 e. The molecule has 1 atom stereocenters. The summed E-state index contributed by atoms with van der Waals surface area (Å²) >= 11 is 1.74. The summed E-state index contributed by atoms with van der Waals surface area (Å²) in [5, 5.41) is 4.15. The Labute approximate surface area is 142 Å². The summed E-state index contributed by atoms with van der Waals surface area (Å²) in [4.78, 5) is 19.9. The SMILES string of the molecule is CCc1cnc(CCNC(=O)N2CCC([C@H]3CCCO3)CC2)s1. The summed E-state index contributed by atoms with van der Waals surface area (Å²) in [6.45, 7) is 5.43. The molecule has 0 radical (unpaired) electrons. The molecule has 0 saturated carbocycles. The lowest BCUT2D eigenvalue weighted by atomic mass is 9.90. The van der Waals surface area contributed by atoms with E-state index in [0.717, 1.165) is 50.4 Å². The van der Waals surface area contributed by atoms with Gasteiger partial charge in [-0.1, -0.05) is 6.92 Å². The first-order valence-corrected chi connectivity index (χ1v) is 9.66. The maximum absolute atomic E-state index is 12.2. The van der Waals surface area contributed by atoms with E-state index in [1.165, 1.54) is 17.7 Å². The van der Waals surface area contributed by atoms with Gasteiger partial charge in [0.25, 0.3) is 0 Å². The van der Waals surface area contributed by atoms with Crippen LogP contribution in [0.15, 0.2) is 6.20 Å². The van der Waals surface area contributed by atoms with Crippen molar-refractivity contribution in [1.82, 2.24) is 15.2 Å². The van der Waals surface area contributed by atoms with Crippen LogP contribution in [0.4, 0.5) is 4.79 Å². The predicted molar refractivity (Wildman–Crippen MR) is 91.9 cm³/mol. The van der Waals surface area contributed by atoms with Crippen molar-refractivity contribution in [2.75, 3.05) is 26.2 Å². The molecule has 2 fully saturated rings. The van der Waals surface area contributed by atoms with Crippen LogP contribution in [-0.2, 0) is 17.6 Å². The molecule has 0 bridgehead atoms. The van der Waals surface area contributed by atoms with Gasteiger partial charge in [-0.25, -0.2) is 9.78 Å². The van der Waals surface area contributed by atoms with Gasteiger partial charge in [0.05, 0.1) is 11.1 Å². The molecule has 5 nitrogen and oxygen atoms in total. The molecule has 0 spiro atoms. The highest BCUT2D eigenvalue weighted by molar-refractivity contribution is 7.11. The van der Waals surface area contributed by atoms with Crippen molar-refractivity contribution in [3.05, 3.63) is 16.1 Å². The summed E-state index contributed by atoms with van der Waals surface area (Å²) in [6.07, 6.45) is 8.78. The molecular formula is C17H27N3O2S. The van der Waals surface area contributed by atoms with E-state index in [1.54, 1.807) is 11.3 Å². The third-order valence-corrected chi connectivity index (χ3v) is 6.08. The largest absolute Gasteiger partial charge is 0.378 e. The van der Waals surface area contributed by atoms with Crippen molar-refractivity contribution in [3.8, 4) is 0 Å². The maximum Gasteiger partial charge on any atom is 0.317 e. The molecule has 128 valence electrons. The minimum atomic E-state index is 0.0723. The lowest BCUT2D eigenvalue weighted by Gasteiger charge is -2.34. The number of nitrogens with zero attached hydrogens (tertiary/aromatic N) is 2. The normalized spacial score (nSPS) is 22.5. The molecule has 1 aromatic heterocycles.